The van der Waals surface area contributed by atoms with Crippen LogP contribution in [0, 0.1) is 6.92 Å². The molecule has 1 atom stereocenters. The largest absolute Gasteiger partial charge is 0.319 e. The van der Waals surface area contributed by atoms with Gasteiger partial charge in [-0.15, -0.1) is 0 Å². The molecule has 2 aromatic rings. The fourth-order valence-corrected chi connectivity index (χ4v) is 5.72. The maximum atomic E-state index is 12.7. The van der Waals surface area contributed by atoms with E-state index in [1.807, 2.05) is 30.7 Å². The van der Waals surface area contributed by atoms with Gasteiger partial charge in [0.1, 0.15) is 6.04 Å². The van der Waals surface area contributed by atoms with Crippen molar-refractivity contribution < 1.29 is 13.2 Å². The lowest BCUT2D eigenvalue weighted by Crippen LogP contribution is -2.47. The van der Waals surface area contributed by atoms with E-state index in [0.29, 0.717) is 22.8 Å². The summed E-state index contributed by atoms with van der Waals surface area (Å²) in [5.41, 5.74) is 1.98. The molecule has 1 saturated heterocycles. The zero-order valence-corrected chi connectivity index (χ0v) is 16.7. The van der Waals surface area contributed by atoms with Gasteiger partial charge in [0.15, 0.2) is 4.80 Å². The molecule has 0 aliphatic carbocycles. The fraction of sp³-hybridized carbons (Fsp3) is 0.500. The number of piperidine rings is 1. The second kappa shape index (κ2) is 6.83. The lowest BCUT2D eigenvalue weighted by atomic mass is 10.0. The van der Waals surface area contributed by atoms with Crippen molar-refractivity contribution in [3.8, 4) is 0 Å². The van der Waals surface area contributed by atoms with Gasteiger partial charge in [-0.25, -0.2) is 8.42 Å². The van der Waals surface area contributed by atoms with Gasteiger partial charge in [0.25, 0.3) is 5.91 Å². The number of hydrogen-bond acceptors (Lipinski definition) is 4. The van der Waals surface area contributed by atoms with Crippen LogP contribution in [0.2, 0.25) is 5.02 Å². The normalized spacial score (nSPS) is 20.3. The highest BCUT2D eigenvalue weighted by Gasteiger charge is 2.34. The molecule has 0 saturated carbocycles. The number of carbonyl (C=O) groups is 1. The van der Waals surface area contributed by atoms with Crippen LogP contribution in [0.25, 0.3) is 10.2 Å². The Morgan fingerprint density at radius 1 is 1.36 bits per heavy atom. The minimum Gasteiger partial charge on any atom is -0.319 e. The summed E-state index contributed by atoms with van der Waals surface area (Å²) in [6, 6.07) is 3.04. The molecular weight excluding hydrogens is 382 g/mol. The summed E-state index contributed by atoms with van der Waals surface area (Å²) >= 11 is 7.61. The number of thiazole rings is 1. The van der Waals surface area contributed by atoms with Gasteiger partial charge in [0.05, 0.1) is 21.5 Å². The first kappa shape index (κ1) is 18.6. The number of hydrogen-bond donors (Lipinski definition) is 0. The molecule has 0 spiro atoms. The first-order valence-corrected chi connectivity index (χ1v) is 11.0. The monoisotopic (exact) mass is 401 g/mol. The van der Waals surface area contributed by atoms with E-state index in [9.17, 15) is 13.2 Å². The van der Waals surface area contributed by atoms with Crippen molar-refractivity contribution in [1.29, 1.82) is 0 Å². The highest BCUT2D eigenvalue weighted by atomic mass is 35.5. The molecule has 3 rings (SSSR count). The minimum absolute atomic E-state index is 0.369. The minimum atomic E-state index is -3.43. The summed E-state index contributed by atoms with van der Waals surface area (Å²) in [4.78, 5) is 17.5. The molecule has 1 aromatic carbocycles. The third kappa shape index (κ3) is 3.53. The van der Waals surface area contributed by atoms with Gasteiger partial charge in [0, 0.05) is 13.6 Å². The maximum absolute atomic E-state index is 12.7. The number of sulfonamides is 1. The third-order valence-electron chi connectivity index (χ3n) is 4.47. The predicted molar refractivity (Wildman–Crippen MR) is 100 cm³/mol. The number of carbonyl (C=O) groups excluding carboxylic acids is 1. The molecule has 9 heteroatoms. The van der Waals surface area contributed by atoms with Gasteiger partial charge in [-0.3, -0.25) is 4.79 Å². The van der Waals surface area contributed by atoms with Crippen LogP contribution < -0.4 is 4.80 Å². The highest BCUT2D eigenvalue weighted by molar-refractivity contribution is 7.88. The lowest BCUT2D eigenvalue weighted by Gasteiger charge is -2.31. The van der Waals surface area contributed by atoms with E-state index in [0.717, 1.165) is 34.9 Å². The zero-order valence-electron chi connectivity index (χ0n) is 14.3. The summed E-state index contributed by atoms with van der Waals surface area (Å²) in [7, 11) is -1.60. The van der Waals surface area contributed by atoms with E-state index in [4.69, 9.17) is 11.6 Å². The Morgan fingerprint density at radius 2 is 2.08 bits per heavy atom. The molecule has 0 radical (unpaired) electrons. The average molecular weight is 402 g/mol. The average Bonchev–Trinajstić information content (AvgIpc) is 2.88. The lowest BCUT2D eigenvalue weighted by molar-refractivity contribution is -0.122. The number of benzene rings is 1. The van der Waals surface area contributed by atoms with Crippen molar-refractivity contribution in [2.24, 2.45) is 12.0 Å². The number of rotatable bonds is 2. The van der Waals surface area contributed by atoms with Gasteiger partial charge in [0.2, 0.25) is 10.0 Å². The van der Waals surface area contributed by atoms with Crippen molar-refractivity contribution in [3.05, 3.63) is 27.5 Å². The summed E-state index contributed by atoms with van der Waals surface area (Å²) < 4.78 is 27.9. The first-order chi connectivity index (χ1) is 11.7. The number of fused-ring (bicyclic) bond motifs is 1. The molecule has 1 unspecified atom stereocenters. The van der Waals surface area contributed by atoms with Crippen LogP contribution in [0.3, 0.4) is 0 Å². The summed E-state index contributed by atoms with van der Waals surface area (Å²) in [5.74, 6) is -0.416. The Morgan fingerprint density at radius 3 is 2.72 bits per heavy atom. The Bertz CT molecular complexity index is 1010. The Kier molecular flexibility index (Phi) is 5.07. The molecule has 1 aliphatic heterocycles. The Hall–Kier alpha value is -1.22. The van der Waals surface area contributed by atoms with E-state index < -0.39 is 22.0 Å². The fourth-order valence-electron chi connectivity index (χ4n) is 3.23. The summed E-state index contributed by atoms with van der Waals surface area (Å²) in [6.45, 7) is 2.34. The highest BCUT2D eigenvalue weighted by Crippen LogP contribution is 2.28. The van der Waals surface area contributed by atoms with Gasteiger partial charge in [-0.2, -0.15) is 9.30 Å². The smallest absolute Gasteiger partial charge is 0.266 e. The number of aryl methyl sites for hydroxylation is 2. The van der Waals surface area contributed by atoms with Crippen molar-refractivity contribution in [2.75, 3.05) is 12.8 Å². The molecular formula is C16H20ClN3O3S2. The summed E-state index contributed by atoms with van der Waals surface area (Å²) in [5, 5.41) is 0.616. The molecule has 1 amide bonds. The van der Waals surface area contributed by atoms with Crippen molar-refractivity contribution >= 4 is 49.1 Å². The molecule has 0 N–H and O–H groups in total. The topological polar surface area (TPSA) is 71.7 Å². The molecule has 1 fully saturated rings. The summed E-state index contributed by atoms with van der Waals surface area (Å²) in [6.07, 6.45) is 3.23. The van der Waals surface area contributed by atoms with E-state index in [2.05, 4.69) is 4.99 Å². The second-order valence-corrected chi connectivity index (χ2v) is 9.64. The number of halogens is 1. The molecule has 1 aliphatic rings. The molecule has 0 bridgehead atoms. The Balaban J connectivity index is 2.07. The van der Waals surface area contributed by atoms with Crippen molar-refractivity contribution in [1.82, 2.24) is 8.87 Å². The van der Waals surface area contributed by atoms with Gasteiger partial charge >= 0.3 is 0 Å². The molecule has 1 aromatic heterocycles. The number of amides is 1. The van der Waals surface area contributed by atoms with E-state index in [1.165, 1.54) is 15.6 Å². The van der Waals surface area contributed by atoms with Crippen LogP contribution in [0.4, 0.5) is 0 Å². The third-order valence-corrected chi connectivity index (χ3v) is 7.35. The second-order valence-electron chi connectivity index (χ2n) is 6.32. The van der Waals surface area contributed by atoms with Crippen molar-refractivity contribution in [3.63, 3.8) is 0 Å². The Labute approximate surface area is 155 Å². The SMILES string of the molecule is Cc1ccc(Cl)c2sc(=NC(=O)C3CCCCN3S(C)(=O)=O)n(C)c12. The van der Waals surface area contributed by atoms with Crippen LogP contribution in [0.1, 0.15) is 24.8 Å². The van der Waals surface area contributed by atoms with E-state index >= 15 is 0 Å². The number of nitrogens with zero attached hydrogens (tertiary/aromatic N) is 3. The standard InChI is InChI=1S/C16H20ClN3O3S2/c1-10-7-8-11(17)14-13(10)19(2)16(24-14)18-15(21)12-6-4-5-9-20(12)25(3,22)23/h7-8,12H,4-6,9H2,1-3H3. The quantitative estimate of drug-likeness (QED) is 0.775. The van der Waals surface area contributed by atoms with E-state index in [1.54, 1.807) is 0 Å². The predicted octanol–water partition coefficient (Wildman–Crippen LogP) is 2.44. The zero-order chi connectivity index (χ0) is 18.4. The van der Waals surface area contributed by atoms with Crippen LogP contribution in [-0.4, -0.2) is 42.0 Å². The van der Waals surface area contributed by atoms with Gasteiger partial charge < -0.3 is 4.57 Å². The van der Waals surface area contributed by atoms with Crippen LogP contribution in [0.5, 0.6) is 0 Å². The van der Waals surface area contributed by atoms with Crippen molar-refractivity contribution in [2.45, 2.75) is 32.2 Å². The first-order valence-electron chi connectivity index (χ1n) is 8.00. The molecule has 136 valence electrons. The van der Waals surface area contributed by atoms with Gasteiger partial charge in [-0.05, 0) is 31.4 Å². The van der Waals surface area contributed by atoms with Gasteiger partial charge in [-0.1, -0.05) is 35.4 Å². The van der Waals surface area contributed by atoms with Crippen LogP contribution >= 0.6 is 22.9 Å². The van der Waals surface area contributed by atoms with Crippen LogP contribution in [0.15, 0.2) is 17.1 Å². The van der Waals surface area contributed by atoms with E-state index in [-0.39, 0.29) is 0 Å². The van der Waals surface area contributed by atoms with Crippen LogP contribution in [-0.2, 0) is 21.9 Å². The molecule has 6 nitrogen and oxygen atoms in total. The maximum Gasteiger partial charge on any atom is 0.266 e. The number of aromatic nitrogens is 1. The molecule has 2 heterocycles. The molecule has 25 heavy (non-hydrogen) atoms.